The van der Waals surface area contributed by atoms with E-state index in [9.17, 15) is 13.2 Å². The molecular formula is C16H10ClF3N4. The van der Waals surface area contributed by atoms with Crippen LogP contribution in [0.1, 0.15) is 5.56 Å². The molecule has 0 saturated carbocycles. The van der Waals surface area contributed by atoms with Crippen LogP contribution in [0.15, 0.2) is 48.9 Å². The lowest BCUT2D eigenvalue weighted by Gasteiger charge is -2.05. The van der Waals surface area contributed by atoms with Crippen LogP contribution in [-0.2, 0) is 6.18 Å². The molecule has 1 aromatic carbocycles. The Kier molecular flexibility index (Phi) is 3.21. The Labute approximate surface area is 138 Å². The maximum absolute atomic E-state index is 12.8. The van der Waals surface area contributed by atoms with Crippen LogP contribution < -0.4 is 5.32 Å². The van der Waals surface area contributed by atoms with Gasteiger partial charge < -0.3 is 14.7 Å². The van der Waals surface area contributed by atoms with Gasteiger partial charge in [-0.05, 0) is 30.3 Å². The number of alkyl halides is 3. The number of hydrogen-bond acceptors (Lipinski definition) is 2. The number of fused-ring (bicyclic) bond motifs is 2. The fraction of sp³-hybridized carbons (Fsp3) is 0.0625. The molecule has 0 radical (unpaired) electrons. The van der Waals surface area contributed by atoms with Gasteiger partial charge in [-0.3, -0.25) is 0 Å². The third-order valence-electron chi connectivity index (χ3n) is 3.67. The van der Waals surface area contributed by atoms with Gasteiger partial charge in [0.05, 0.1) is 16.8 Å². The van der Waals surface area contributed by atoms with Gasteiger partial charge in [0.1, 0.15) is 11.5 Å². The Balaban J connectivity index is 1.70. The van der Waals surface area contributed by atoms with Crippen molar-refractivity contribution in [2.24, 2.45) is 0 Å². The van der Waals surface area contributed by atoms with Crippen molar-refractivity contribution in [2.75, 3.05) is 5.32 Å². The Morgan fingerprint density at radius 3 is 2.75 bits per heavy atom. The number of aromatic nitrogens is 3. The van der Waals surface area contributed by atoms with Crippen molar-refractivity contribution in [3.05, 3.63) is 59.5 Å². The monoisotopic (exact) mass is 350 g/mol. The molecule has 122 valence electrons. The second-order valence-electron chi connectivity index (χ2n) is 5.33. The molecule has 3 heterocycles. The first-order valence-corrected chi connectivity index (χ1v) is 7.37. The van der Waals surface area contributed by atoms with Gasteiger partial charge in [0.2, 0.25) is 0 Å². The van der Waals surface area contributed by atoms with Gasteiger partial charge in [-0.1, -0.05) is 11.6 Å². The van der Waals surface area contributed by atoms with Crippen LogP contribution in [0.4, 0.5) is 24.7 Å². The summed E-state index contributed by atoms with van der Waals surface area (Å²) in [4.78, 5) is 7.32. The largest absolute Gasteiger partial charge is 0.417 e. The molecule has 0 aliphatic carbocycles. The molecule has 0 bridgehead atoms. The van der Waals surface area contributed by atoms with Gasteiger partial charge in [-0.25, -0.2) is 4.98 Å². The van der Waals surface area contributed by atoms with Gasteiger partial charge >= 0.3 is 6.18 Å². The molecule has 4 rings (SSSR count). The summed E-state index contributed by atoms with van der Waals surface area (Å²) in [5.41, 5.74) is 1.23. The van der Waals surface area contributed by atoms with Crippen molar-refractivity contribution in [1.82, 2.24) is 14.4 Å². The number of anilines is 2. The summed E-state index contributed by atoms with van der Waals surface area (Å²) in [5.74, 6) is 0.427. The van der Waals surface area contributed by atoms with Crippen molar-refractivity contribution in [2.45, 2.75) is 6.18 Å². The zero-order chi connectivity index (χ0) is 16.9. The summed E-state index contributed by atoms with van der Waals surface area (Å²) in [7, 11) is 0. The van der Waals surface area contributed by atoms with Crippen molar-refractivity contribution >= 4 is 39.7 Å². The first kappa shape index (κ1) is 14.9. The molecule has 0 atom stereocenters. The van der Waals surface area contributed by atoms with Gasteiger partial charge in [0.15, 0.2) is 0 Å². The zero-order valence-corrected chi connectivity index (χ0v) is 12.8. The molecule has 0 fully saturated rings. The number of nitrogens with one attached hydrogen (secondary N) is 2. The standard InChI is InChI=1S/C16H10ClF3N4/c17-12-5-10(6-13-11(12)3-4-21-13)22-14-8-24-7-9(16(18,19)20)1-2-15(24)23-14/h1-8,21-22H. The number of hydrogen-bond donors (Lipinski definition) is 2. The molecule has 0 spiro atoms. The van der Waals surface area contributed by atoms with Crippen LogP contribution in [-0.4, -0.2) is 14.4 Å². The zero-order valence-electron chi connectivity index (χ0n) is 12.0. The Bertz CT molecular complexity index is 1050. The fourth-order valence-corrected chi connectivity index (χ4v) is 2.84. The van der Waals surface area contributed by atoms with Crippen molar-refractivity contribution in [3.8, 4) is 0 Å². The van der Waals surface area contributed by atoms with E-state index in [0.717, 1.165) is 23.2 Å². The third-order valence-corrected chi connectivity index (χ3v) is 3.98. The van der Waals surface area contributed by atoms with Crippen LogP contribution in [0.25, 0.3) is 16.6 Å². The Morgan fingerprint density at radius 2 is 1.96 bits per heavy atom. The molecule has 0 aliphatic heterocycles. The van der Waals surface area contributed by atoms with E-state index in [-0.39, 0.29) is 0 Å². The molecule has 0 amide bonds. The predicted octanol–water partition coefficient (Wildman–Crippen LogP) is 5.23. The van der Waals surface area contributed by atoms with E-state index in [1.807, 2.05) is 12.1 Å². The van der Waals surface area contributed by atoms with Crippen molar-refractivity contribution < 1.29 is 13.2 Å². The molecule has 0 unspecified atom stereocenters. The summed E-state index contributed by atoms with van der Waals surface area (Å²) < 4.78 is 39.6. The highest BCUT2D eigenvalue weighted by atomic mass is 35.5. The third kappa shape index (κ3) is 2.56. The molecule has 0 saturated heterocycles. The minimum Gasteiger partial charge on any atom is -0.361 e. The minimum absolute atomic E-state index is 0.414. The Hall–Kier alpha value is -2.67. The van der Waals surface area contributed by atoms with Crippen LogP contribution in [0.2, 0.25) is 5.02 Å². The summed E-state index contributed by atoms with van der Waals surface area (Å²) in [6.45, 7) is 0. The highest BCUT2D eigenvalue weighted by Crippen LogP contribution is 2.31. The quantitative estimate of drug-likeness (QED) is 0.520. The lowest BCUT2D eigenvalue weighted by Crippen LogP contribution is -2.05. The summed E-state index contributed by atoms with van der Waals surface area (Å²) >= 11 is 6.21. The summed E-state index contributed by atoms with van der Waals surface area (Å²) in [6.07, 6.45) is -0.103. The van der Waals surface area contributed by atoms with E-state index in [0.29, 0.717) is 22.2 Å². The number of halogens is 4. The number of rotatable bonds is 2. The van der Waals surface area contributed by atoms with E-state index >= 15 is 0 Å². The molecule has 8 heteroatoms. The first-order valence-electron chi connectivity index (χ1n) is 7.00. The van der Waals surface area contributed by atoms with Crippen LogP contribution in [0, 0.1) is 0 Å². The van der Waals surface area contributed by atoms with Crippen LogP contribution in [0.5, 0.6) is 0 Å². The maximum Gasteiger partial charge on any atom is 0.417 e. The van der Waals surface area contributed by atoms with E-state index in [1.54, 1.807) is 12.3 Å². The van der Waals surface area contributed by atoms with Gasteiger partial charge in [0.25, 0.3) is 0 Å². The lowest BCUT2D eigenvalue weighted by molar-refractivity contribution is -0.137. The molecule has 24 heavy (non-hydrogen) atoms. The van der Waals surface area contributed by atoms with Gasteiger partial charge in [0, 0.05) is 29.0 Å². The van der Waals surface area contributed by atoms with Crippen LogP contribution >= 0.6 is 11.6 Å². The number of pyridine rings is 1. The first-order chi connectivity index (χ1) is 11.4. The maximum atomic E-state index is 12.8. The predicted molar refractivity (Wildman–Crippen MR) is 86.8 cm³/mol. The second kappa shape index (κ2) is 5.17. The van der Waals surface area contributed by atoms with Gasteiger partial charge in [-0.2, -0.15) is 13.2 Å². The minimum atomic E-state index is -4.39. The smallest absolute Gasteiger partial charge is 0.361 e. The number of nitrogens with zero attached hydrogens (tertiary/aromatic N) is 2. The molecule has 3 aromatic heterocycles. The van der Waals surface area contributed by atoms with E-state index in [1.165, 1.54) is 16.7 Å². The normalized spacial score (nSPS) is 12.2. The number of H-pyrrole nitrogens is 1. The molecule has 4 aromatic rings. The Morgan fingerprint density at radius 1 is 1.12 bits per heavy atom. The van der Waals surface area contributed by atoms with E-state index < -0.39 is 11.7 Å². The number of aromatic amines is 1. The van der Waals surface area contributed by atoms with E-state index in [4.69, 9.17) is 11.6 Å². The van der Waals surface area contributed by atoms with Gasteiger partial charge in [-0.15, -0.1) is 0 Å². The second-order valence-corrected chi connectivity index (χ2v) is 5.74. The van der Waals surface area contributed by atoms with E-state index in [2.05, 4.69) is 15.3 Å². The highest BCUT2D eigenvalue weighted by molar-refractivity contribution is 6.35. The summed E-state index contributed by atoms with van der Waals surface area (Å²) in [6, 6.07) is 7.80. The summed E-state index contributed by atoms with van der Waals surface area (Å²) in [5, 5.41) is 4.52. The molecule has 2 N–H and O–H groups in total. The fourth-order valence-electron chi connectivity index (χ4n) is 2.56. The van der Waals surface area contributed by atoms with Crippen LogP contribution in [0.3, 0.4) is 0 Å². The average Bonchev–Trinajstić information content (AvgIpc) is 3.11. The topological polar surface area (TPSA) is 45.1 Å². The lowest BCUT2D eigenvalue weighted by atomic mass is 10.2. The average molecular weight is 351 g/mol. The van der Waals surface area contributed by atoms with Crippen molar-refractivity contribution in [3.63, 3.8) is 0 Å². The molecule has 0 aliphatic rings. The molecule has 4 nitrogen and oxygen atoms in total. The van der Waals surface area contributed by atoms with Crippen molar-refractivity contribution in [1.29, 1.82) is 0 Å². The highest BCUT2D eigenvalue weighted by Gasteiger charge is 2.30. The number of imidazole rings is 1. The molecular weight excluding hydrogens is 341 g/mol. The number of benzene rings is 1. The SMILES string of the molecule is FC(F)(F)c1ccc2nc(Nc3cc(Cl)c4cc[nH]c4c3)cn2c1.